The summed E-state index contributed by atoms with van der Waals surface area (Å²) in [5.74, 6) is -0.247. The van der Waals surface area contributed by atoms with Gasteiger partial charge in [-0.2, -0.15) is 13.2 Å². The van der Waals surface area contributed by atoms with Gasteiger partial charge in [0.15, 0.2) is 6.61 Å². The Balaban J connectivity index is 1.71. The number of nitrogens with zero attached hydrogens (tertiary/aromatic N) is 1. The van der Waals surface area contributed by atoms with Crippen molar-refractivity contribution in [2.24, 2.45) is 0 Å². The highest BCUT2D eigenvalue weighted by atomic mass is 19.4. The zero-order valence-corrected chi connectivity index (χ0v) is 13.0. The zero-order valence-electron chi connectivity index (χ0n) is 13.0. The van der Waals surface area contributed by atoms with Crippen LogP contribution in [0.3, 0.4) is 0 Å². The topological polar surface area (TPSA) is 29.5 Å². The van der Waals surface area contributed by atoms with Crippen LogP contribution in [0.25, 0.3) is 0 Å². The smallest absolute Gasteiger partial charge is 0.416 e. The van der Waals surface area contributed by atoms with E-state index in [1.165, 1.54) is 12.1 Å². The molecule has 0 N–H and O–H groups in total. The van der Waals surface area contributed by atoms with Crippen molar-refractivity contribution in [2.75, 3.05) is 11.5 Å². The summed E-state index contributed by atoms with van der Waals surface area (Å²) in [6, 6.07) is 12.1. The molecule has 2 aromatic carbocycles. The van der Waals surface area contributed by atoms with Crippen LogP contribution in [0.15, 0.2) is 48.5 Å². The van der Waals surface area contributed by atoms with Gasteiger partial charge in [0.1, 0.15) is 5.75 Å². The molecule has 126 valence electrons. The zero-order chi connectivity index (χ0) is 17.3. The van der Waals surface area contributed by atoms with Crippen LogP contribution in [0, 0.1) is 0 Å². The van der Waals surface area contributed by atoms with Crippen LogP contribution < -0.4 is 9.64 Å². The summed E-state index contributed by atoms with van der Waals surface area (Å²) in [6.45, 7) is 1.63. The number of carbonyl (C=O) groups is 1. The van der Waals surface area contributed by atoms with Crippen molar-refractivity contribution >= 4 is 11.6 Å². The third-order valence-electron chi connectivity index (χ3n) is 4.00. The summed E-state index contributed by atoms with van der Waals surface area (Å²) in [5, 5.41) is 0. The lowest BCUT2D eigenvalue weighted by atomic mass is 10.1. The van der Waals surface area contributed by atoms with Crippen molar-refractivity contribution in [1.29, 1.82) is 0 Å². The van der Waals surface area contributed by atoms with Crippen LogP contribution in [-0.2, 0) is 17.4 Å². The highest BCUT2D eigenvalue weighted by Gasteiger charge is 2.32. The van der Waals surface area contributed by atoms with Crippen molar-refractivity contribution in [2.45, 2.75) is 25.6 Å². The minimum absolute atomic E-state index is 0.00000877. The van der Waals surface area contributed by atoms with E-state index in [9.17, 15) is 18.0 Å². The quantitative estimate of drug-likeness (QED) is 0.846. The highest BCUT2D eigenvalue weighted by Crippen LogP contribution is 2.33. The monoisotopic (exact) mass is 335 g/mol. The van der Waals surface area contributed by atoms with Crippen molar-refractivity contribution in [3.8, 4) is 5.75 Å². The molecule has 0 bridgehead atoms. The molecule has 1 atom stereocenters. The average molecular weight is 335 g/mol. The van der Waals surface area contributed by atoms with Crippen molar-refractivity contribution in [3.05, 3.63) is 59.7 Å². The maximum absolute atomic E-state index is 12.7. The molecule has 1 amide bonds. The number of halogens is 3. The summed E-state index contributed by atoms with van der Waals surface area (Å²) < 4.78 is 43.4. The number of rotatable bonds is 3. The lowest BCUT2D eigenvalue weighted by Gasteiger charge is -2.22. The van der Waals surface area contributed by atoms with Crippen LogP contribution in [0.1, 0.15) is 18.1 Å². The molecule has 0 fully saturated rings. The molecule has 24 heavy (non-hydrogen) atoms. The molecule has 1 heterocycles. The Morgan fingerprint density at radius 2 is 1.96 bits per heavy atom. The van der Waals surface area contributed by atoms with Crippen molar-refractivity contribution in [3.63, 3.8) is 0 Å². The molecule has 0 aliphatic carbocycles. The lowest BCUT2D eigenvalue weighted by molar-refractivity contribution is -0.137. The first-order valence-electron chi connectivity index (χ1n) is 7.56. The van der Waals surface area contributed by atoms with E-state index >= 15 is 0 Å². The van der Waals surface area contributed by atoms with Gasteiger partial charge in [0, 0.05) is 11.7 Å². The third kappa shape index (κ3) is 3.22. The third-order valence-corrected chi connectivity index (χ3v) is 4.00. The SMILES string of the molecule is C[C@@H]1Cc2ccccc2N1C(=O)COc1cccc(C(F)(F)F)c1. The van der Waals surface area contributed by atoms with E-state index < -0.39 is 11.7 Å². The van der Waals surface area contributed by atoms with Gasteiger partial charge in [0.25, 0.3) is 5.91 Å². The van der Waals surface area contributed by atoms with E-state index in [-0.39, 0.29) is 24.3 Å². The predicted octanol–water partition coefficient (Wildman–Crippen LogP) is 4.06. The number of fused-ring (bicyclic) bond motifs is 1. The molecule has 0 unspecified atom stereocenters. The number of alkyl halides is 3. The number of ether oxygens (including phenoxy) is 1. The maximum atomic E-state index is 12.7. The molecule has 0 radical (unpaired) electrons. The molecule has 3 rings (SSSR count). The van der Waals surface area contributed by atoms with E-state index in [1.807, 2.05) is 31.2 Å². The van der Waals surface area contributed by atoms with Gasteiger partial charge in [0.05, 0.1) is 5.56 Å². The molecular formula is C18H16F3NO2. The molecule has 0 spiro atoms. The average Bonchev–Trinajstić information content (AvgIpc) is 2.88. The standard InChI is InChI=1S/C18H16F3NO2/c1-12-9-13-5-2-3-8-16(13)22(12)17(23)11-24-15-7-4-6-14(10-15)18(19,20)21/h2-8,10,12H,9,11H2,1H3/t12-/m1/s1. The van der Waals surface area contributed by atoms with Crippen molar-refractivity contribution < 1.29 is 22.7 Å². The summed E-state index contributed by atoms with van der Waals surface area (Å²) in [7, 11) is 0. The molecule has 1 aliphatic rings. The van der Waals surface area contributed by atoms with Gasteiger partial charge in [-0.25, -0.2) is 0 Å². The Hall–Kier alpha value is -2.50. The second kappa shape index (κ2) is 6.19. The van der Waals surface area contributed by atoms with Crippen molar-refractivity contribution in [1.82, 2.24) is 0 Å². The number of carbonyl (C=O) groups excluding carboxylic acids is 1. The normalized spacial score (nSPS) is 16.8. The van der Waals surface area contributed by atoms with Gasteiger partial charge in [-0.1, -0.05) is 24.3 Å². The van der Waals surface area contributed by atoms with Crippen LogP contribution in [0.5, 0.6) is 5.75 Å². The van der Waals surface area contributed by atoms with Crippen LogP contribution in [-0.4, -0.2) is 18.6 Å². The fourth-order valence-corrected chi connectivity index (χ4v) is 2.92. The van der Waals surface area contributed by atoms with Crippen LogP contribution in [0.4, 0.5) is 18.9 Å². The Morgan fingerprint density at radius 3 is 2.71 bits per heavy atom. The Kier molecular flexibility index (Phi) is 4.22. The second-order valence-electron chi connectivity index (χ2n) is 5.76. The van der Waals surface area contributed by atoms with Gasteiger partial charge in [-0.05, 0) is 43.2 Å². The minimum Gasteiger partial charge on any atom is -0.484 e. The summed E-state index contributed by atoms with van der Waals surface area (Å²) in [6.07, 6.45) is -3.68. The number of anilines is 1. The van der Waals surface area contributed by atoms with Gasteiger partial charge < -0.3 is 9.64 Å². The van der Waals surface area contributed by atoms with E-state index in [0.717, 1.165) is 29.8 Å². The predicted molar refractivity (Wildman–Crippen MR) is 84.0 cm³/mol. The van der Waals surface area contributed by atoms with E-state index in [4.69, 9.17) is 4.74 Å². The Morgan fingerprint density at radius 1 is 1.21 bits per heavy atom. The van der Waals surface area contributed by atoms with Gasteiger partial charge in [-0.15, -0.1) is 0 Å². The minimum atomic E-state index is -4.44. The summed E-state index contributed by atoms with van der Waals surface area (Å²) >= 11 is 0. The van der Waals surface area contributed by atoms with Gasteiger partial charge in [0.2, 0.25) is 0 Å². The first-order chi connectivity index (χ1) is 11.4. The number of amides is 1. The molecule has 0 saturated carbocycles. The van der Waals surface area contributed by atoms with E-state index in [2.05, 4.69) is 0 Å². The molecule has 3 nitrogen and oxygen atoms in total. The molecule has 1 aliphatic heterocycles. The second-order valence-corrected chi connectivity index (χ2v) is 5.76. The van der Waals surface area contributed by atoms with Crippen LogP contribution >= 0.6 is 0 Å². The molecular weight excluding hydrogens is 319 g/mol. The summed E-state index contributed by atoms with van der Waals surface area (Å²) in [5.41, 5.74) is 1.12. The van der Waals surface area contributed by atoms with Crippen LogP contribution in [0.2, 0.25) is 0 Å². The number of hydrogen-bond acceptors (Lipinski definition) is 2. The van der Waals surface area contributed by atoms with Gasteiger partial charge >= 0.3 is 6.18 Å². The molecule has 2 aromatic rings. The first-order valence-corrected chi connectivity index (χ1v) is 7.56. The van der Waals surface area contributed by atoms with Gasteiger partial charge in [-0.3, -0.25) is 4.79 Å². The molecule has 0 aromatic heterocycles. The lowest BCUT2D eigenvalue weighted by Crippen LogP contribution is -2.39. The van der Waals surface area contributed by atoms with E-state index in [1.54, 1.807) is 4.90 Å². The molecule has 0 saturated heterocycles. The Labute approximate surface area is 137 Å². The fraction of sp³-hybridized carbons (Fsp3) is 0.278. The number of para-hydroxylation sites is 1. The largest absolute Gasteiger partial charge is 0.484 e. The number of hydrogen-bond donors (Lipinski definition) is 0. The number of benzene rings is 2. The van der Waals surface area contributed by atoms with E-state index in [0.29, 0.717) is 0 Å². The highest BCUT2D eigenvalue weighted by molar-refractivity contribution is 5.97. The first kappa shape index (κ1) is 16.4. The fourth-order valence-electron chi connectivity index (χ4n) is 2.92. The Bertz CT molecular complexity index is 758. The maximum Gasteiger partial charge on any atom is 0.416 e. The molecule has 6 heteroatoms. The summed E-state index contributed by atoms with van der Waals surface area (Å²) in [4.78, 5) is 14.1.